The van der Waals surface area contributed by atoms with E-state index in [-0.39, 0.29) is 43.4 Å². The summed E-state index contributed by atoms with van der Waals surface area (Å²) in [4.78, 5) is 0. The van der Waals surface area contributed by atoms with Crippen LogP contribution in [0.4, 0.5) is 0 Å². The van der Waals surface area contributed by atoms with E-state index in [9.17, 15) is 0 Å². The second kappa shape index (κ2) is 32.0. The molecule has 0 atom stereocenters. The molecule has 0 aliphatic rings. The van der Waals surface area contributed by atoms with Gasteiger partial charge in [0, 0.05) is 0 Å². The van der Waals surface area contributed by atoms with Crippen molar-refractivity contribution >= 4 is 0 Å². The van der Waals surface area contributed by atoms with Gasteiger partial charge in [-0.3, -0.25) is 0 Å². The Morgan fingerprint density at radius 1 is 0.250 bits per heavy atom. The molecule has 0 spiro atoms. The molecule has 2 radical (unpaired) electrons. The summed E-state index contributed by atoms with van der Waals surface area (Å²) >= 11 is 0. The first-order valence-corrected chi connectivity index (χ1v) is 11.0. The number of rotatable bonds is 0. The van der Waals surface area contributed by atoms with Gasteiger partial charge in [0.25, 0.3) is 0 Å². The maximum atomic E-state index is 2.89. The molecule has 0 nitrogen and oxygen atoms in total. The summed E-state index contributed by atoms with van der Waals surface area (Å²) in [7, 11) is 0. The molecule has 6 aromatic rings. The van der Waals surface area contributed by atoms with Gasteiger partial charge in [0.2, 0.25) is 0 Å². The largest absolute Gasteiger partial charge is 3.00 e. The van der Waals surface area contributed by atoms with Crippen LogP contribution in [0.2, 0.25) is 0 Å². The number of benzene rings is 4. The molecule has 6 rings (SSSR count). The molecule has 0 saturated heterocycles. The zero-order valence-corrected chi connectivity index (χ0v) is 23.4. The summed E-state index contributed by atoms with van der Waals surface area (Å²) in [6.45, 7) is 0. The van der Waals surface area contributed by atoms with Gasteiger partial charge in [-0.1, -0.05) is 0 Å². The summed E-state index contributed by atoms with van der Waals surface area (Å²) in [5.41, 5.74) is 0. The summed E-state index contributed by atoms with van der Waals surface area (Å²) in [6, 6.07) is 70.0. The summed E-state index contributed by atoms with van der Waals surface area (Å²) in [5, 5.41) is 0. The molecular formula is C34H30Ti2. The van der Waals surface area contributed by atoms with E-state index in [1.807, 2.05) is 182 Å². The molecule has 6 aromatic carbocycles. The first kappa shape index (κ1) is 35.2. The normalized spacial score (nSPS) is 7.56. The van der Waals surface area contributed by atoms with Crippen molar-refractivity contribution in [1.82, 2.24) is 0 Å². The van der Waals surface area contributed by atoms with Crippen molar-refractivity contribution in [3.05, 3.63) is 206 Å². The Labute approximate surface area is 248 Å². The fourth-order valence-electron chi connectivity index (χ4n) is 2.01. The van der Waals surface area contributed by atoms with E-state index < -0.39 is 0 Å². The molecule has 0 amide bonds. The van der Waals surface area contributed by atoms with Gasteiger partial charge in [-0.05, 0) is 0 Å². The van der Waals surface area contributed by atoms with E-state index in [1.54, 1.807) is 0 Å². The van der Waals surface area contributed by atoms with Gasteiger partial charge in [0.1, 0.15) is 0 Å². The monoisotopic (exact) mass is 534 g/mol. The van der Waals surface area contributed by atoms with Crippen LogP contribution in [0.25, 0.3) is 0 Å². The van der Waals surface area contributed by atoms with Gasteiger partial charge in [0.15, 0.2) is 0 Å². The van der Waals surface area contributed by atoms with Gasteiger partial charge in [-0.2, -0.15) is 182 Å². The Kier molecular flexibility index (Phi) is 31.3. The minimum absolute atomic E-state index is 0. The Morgan fingerprint density at radius 2 is 0.444 bits per heavy atom. The van der Waals surface area contributed by atoms with Crippen LogP contribution in [0.5, 0.6) is 0 Å². The molecule has 0 aromatic heterocycles. The topological polar surface area (TPSA) is 0 Å². The van der Waals surface area contributed by atoms with E-state index in [0.717, 1.165) is 0 Å². The summed E-state index contributed by atoms with van der Waals surface area (Å²) in [6.07, 6.45) is 0. The second-order valence-corrected chi connectivity index (χ2v) is 6.23. The van der Waals surface area contributed by atoms with Crippen LogP contribution < -0.4 is 0 Å². The molecule has 174 valence electrons. The van der Waals surface area contributed by atoms with Gasteiger partial charge >= 0.3 is 43.4 Å². The average Bonchev–Trinajstić information content (AvgIpc) is 3.74. The zero-order valence-electron chi connectivity index (χ0n) is 20.3. The molecule has 0 unspecified atom stereocenters. The van der Waals surface area contributed by atoms with Gasteiger partial charge in [0.05, 0.1) is 0 Å². The SMILES string of the molecule is [Ti+3].[Ti+3].[c-]1ccccc1.[c-]1ccccc1.[c-]1ccccc1.[c-]1ccccc1.c1cc[cH-]c1.c1cc[cH-]c1. The van der Waals surface area contributed by atoms with Gasteiger partial charge < -0.3 is 0 Å². The smallest absolute Gasteiger partial charge is 0.214 e. The van der Waals surface area contributed by atoms with Gasteiger partial charge in [-0.25, -0.2) is 24.3 Å². The Balaban J connectivity index is 0. The standard InChI is InChI=1S/4C6H5.2C5H5.2Ti/c4*1-2-4-6-5-3-1;2*1-2-4-5-3-1;;/h4*1-5H;2*1-5H;;/q6*-1;2*+3. The maximum absolute atomic E-state index is 2.89. The molecule has 0 saturated carbocycles. The molecule has 0 N–H and O–H groups in total. The molecule has 0 aliphatic heterocycles. The summed E-state index contributed by atoms with van der Waals surface area (Å²) < 4.78 is 0. The molecule has 0 aliphatic carbocycles. The van der Waals surface area contributed by atoms with Crippen LogP contribution in [0.3, 0.4) is 0 Å². The van der Waals surface area contributed by atoms with Crippen LogP contribution in [-0.2, 0) is 43.4 Å². The molecule has 0 heterocycles. The van der Waals surface area contributed by atoms with Crippen molar-refractivity contribution in [3.63, 3.8) is 0 Å². The molecule has 0 fully saturated rings. The predicted octanol–water partition coefficient (Wildman–Crippen LogP) is 8.75. The van der Waals surface area contributed by atoms with E-state index in [2.05, 4.69) is 24.3 Å². The van der Waals surface area contributed by atoms with Crippen LogP contribution in [0.1, 0.15) is 0 Å². The van der Waals surface area contributed by atoms with Crippen molar-refractivity contribution in [2.45, 2.75) is 0 Å². The average molecular weight is 534 g/mol. The third kappa shape index (κ3) is 29.0. The van der Waals surface area contributed by atoms with Crippen LogP contribution in [-0.4, -0.2) is 0 Å². The van der Waals surface area contributed by atoms with Crippen molar-refractivity contribution in [3.8, 4) is 0 Å². The quantitative estimate of drug-likeness (QED) is 0.135. The maximum Gasteiger partial charge on any atom is 3.00 e. The molecule has 36 heavy (non-hydrogen) atoms. The first-order chi connectivity index (χ1) is 17.0. The van der Waals surface area contributed by atoms with Crippen LogP contribution in [0, 0.1) is 24.3 Å². The Bertz CT molecular complexity index is 720. The van der Waals surface area contributed by atoms with Crippen molar-refractivity contribution < 1.29 is 43.4 Å². The second-order valence-electron chi connectivity index (χ2n) is 6.23. The molecular weight excluding hydrogens is 504 g/mol. The van der Waals surface area contributed by atoms with E-state index >= 15 is 0 Å². The van der Waals surface area contributed by atoms with E-state index in [1.165, 1.54) is 0 Å². The van der Waals surface area contributed by atoms with E-state index in [4.69, 9.17) is 0 Å². The summed E-state index contributed by atoms with van der Waals surface area (Å²) in [5.74, 6) is 0. The van der Waals surface area contributed by atoms with Crippen molar-refractivity contribution in [2.24, 2.45) is 0 Å². The minimum atomic E-state index is 0. The molecule has 2 heteroatoms. The predicted molar refractivity (Wildman–Crippen MR) is 145 cm³/mol. The third-order valence-corrected chi connectivity index (χ3v) is 3.54. The van der Waals surface area contributed by atoms with Gasteiger partial charge in [-0.15, -0.1) is 0 Å². The van der Waals surface area contributed by atoms with Crippen LogP contribution in [0.15, 0.2) is 182 Å². The van der Waals surface area contributed by atoms with Crippen LogP contribution >= 0.6 is 0 Å². The van der Waals surface area contributed by atoms with Crippen molar-refractivity contribution in [1.29, 1.82) is 0 Å². The first-order valence-electron chi connectivity index (χ1n) is 11.0. The van der Waals surface area contributed by atoms with E-state index in [0.29, 0.717) is 0 Å². The fourth-order valence-corrected chi connectivity index (χ4v) is 2.01. The minimum Gasteiger partial charge on any atom is -0.214 e. The number of hydrogen-bond acceptors (Lipinski definition) is 0. The Hall–Kier alpha value is -2.99. The number of hydrogen-bond donors (Lipinski definition) is 0. The Morgan fingerprint density at radius 3 is 0.500 bits per heavy atom. The fraction of sp³-hybridized carbons (Fsp3) is 0. The molecule has 0 bridgehead atoms. The van der Waals surface area contributed by atoms with Crippen molar-refractivity contribution in [2.75, 3.05) is 0 Å². The third-order valence-electron chi connectivity index (χ3n) is 3.54. The zero-order chi connectivity index (χ0) is 24.0.